The molecule has 2 aromatic carbocycles. The monoisotopic (exact) mass is 323 g/mol. The zero-order chi connectivity index (χ0) is 16.2. The summed E-state index contributed by atoms with van der Waals surface area (Å²) in [5.41, 5.74) is 2.22. The highest BCUT2D eigenvalue weighted by atomic mass is 35.5. The lowest BCUT2D eigenvalue weighted by Crippen LogP contribution is -2.09. The van der Waals surface area contributed by atoms with E-state index >= 15 is 0 Å². The first-order valence-corrected chi connectivity index (χ1v) is 7.73. The molecule has 0 N–H and O–H groups in total. The number of allylic oxidation sites excluding steroid dienone is 1. The third-order valence-electron chi connectivity index (χ3n) is 3.60. The fraction of sp³-hybridized carbons (Fsp3) is 0.158. The Bertz CT molecular complexity index is 782. The SMILES string of the molecule is N#C/C(=C/c1ccc(OC(=O)C2CC2)cc1)c1ccc(Cl)cc1. The van der Waals surface area contributed by atoms with E-state index < -0.39 is 0 Å². The number of benzene rings is 2. The Labute approximate surface area is 139 Å². The van der Waals surface area contributed by atoms with Crippen LogP contribution in [0.4, 0.5) is 0 Å². The Balaban J connectivity index is 1.76. The molecular weight excluding hydrogens is 310 g/mol. The van der Waals surface area contributed by atoms with Gasteiger partial charge in [0.15, 0.2) is 0 Å². The van der Waals surface area contributed by atoms with Crippen LogP contribution in [-0.4, -0.2) is 5.97 Å². The zero-order valence-corrected chi connectivity index (χ0v) is 13.1. The summed E-state index contributed by atoms with van der Waals surface area (Å²) >= 11 is 5.86. The average Bonchev–Trinajstić information content (AvgIpc) is 3.40. The number of ether oxygens (including phenoxy) is 1. The summed E-state index contributed by atoms with van der Waals surface area (Å²) in [4.78, 5) is 11.6. The molecule has 0 saturated heterocycles. The molecule has 3 nitrogen and oxygen atoms in total. The minimum absolute atomic E-state index is 0.0738. The maximum absolute atomic E-state index is 11.6. The zero-order valence-electron chi connectivity index (χ0n) is 12.3. The standard InChI is InChI=1S/C19H14ClNO2/c20-17-7-5-14(6-8-17)16(12-21)11-13-1-9-18(10-2-13)23-19(22)15-3-4-15/h1-2,5-11,15H,3-4H2/b16-11-. The molecule has 23 heavy (non-hydrogen) atoms. The maximum atomic E-state index is 11.6. The number of esters is 1. The van der Waals surface area contributed by atoms with Gasteiger partial charge in [-0.3, -0.25) is 4.79 Å². The smallest absolute Gasteiger partial charge is 0.314 e. The molecule has 0 aliphatic heterocycles. The molecule has 1 aliphatic carbocycles. The lowest BCUT2D eigenvalue weighted by atomic mass is 10.0. The first-order valence-electron chi connectivity index (χ1n) is 7.35. The van der Waals surface area contributed by atoms with Crippen LogP contribution < -0.4 is 4.74 Å². The van der Waals surface area contributed by atoms with Crippen LogP contribution in [0.2, 0.25) is 5.02 Å². The van der Waals surface area contributed by atoms with E-state index in [0.717, 1.165) is 24.0 Å². The topological polar surface area (TPSA) is 50.1 Å². The van der Waals surface area contributed by atoms with Crippen molar-refractivity contribution in [2.45, 2.75) is 12.8 Å². The van der Waals surface area contributed by atoms with Crippen molar-refractivity contribution >= 4 is 29.2 Å². The van der Waals surface area contributed by atoms with Gasteiger partial charge in [0.25, 0.3) is 0 Å². The Kier molecular flexibility index (Phi) is 4.45. The normalized spacial score (nSPS) is 14.2. The Morgan fingerprint density at radius 1 is 1.13 bits per heavy atom. The molecule has 0 heterocycles. The van der Waals surface area contributed by atoms with Crippen molar-refractivity contribution in [1.29, 1.82) is 5.26 Å². The number of carbonyl (C=O) groups is 1. The van der Waals surface area contributed by atoms with Crippen molar-refractivity contribution in [3.8, 4) is 11.8 Å². The van der Waals surface area contributed by atoms with Gasteiger partial charge in [0.1, 0.15) is 5.75 Å². The molecule has 0 radical (unpaired) electrons. The molecule has 0 amide bonds. The number of hydrogen-bond acceptors (Lipinski definition) is 3. The van der Waals surface area contributed by atoms with Crippen molar-refractivity contribution in [2.75, 3.05) is 0 Å². The summed E-state index contributed by atoms with van der Waals surface area (Å²) in [5, 5.41) is 9.96. The van der Waals surface area contributed by atoms with E-state index in [4.69, 9.17) is 16.3 Å². The van der Waals surface area contributed by atoms with Gasteiger partial charge in [0.05, 0.1) is 17.6 Å². The molecule has 0 unspecified atom stereocenters. The lowest BCUT2D eigenvalue weighted by molar-refractivity contribution is -0.135. The first-order chi connectivity index (χ1) is 11.2. The summed E-state index contributed by atoms with van der Waals surface area (Å²) in [6.07, 6.45) is 3.63. The fourth-order valence-corrected chi connectivity index (χ4v) is 2.25. The number of halogens is 1. The third kappa shape index (κ3) is 4.00. The predicted molar refractivity (Wildman–Crippen MR) is 89.7 cm³/mol. The van der Waals surface area contributed by atoms with Crippen molar-refractivity contribution in [3.05, 3.63) is 64.7 Å². The van der Waals surface area contributed by atoms with E-state index in [1.807, 2.05) is 24.3 Å². The fourth-order valence-electron chi connectivity index (χ4n) is 2.13. The second kappa shape index (κ2) is 6.68. The van der Waals surface area contributed by atoms with Gasteiger partial charge in [0.2, 0.25) is 0 Å². The van der Waals surface area contributed by atoms with Crippen LogP contribution in [0.5, 0.6) is 5.75 Å². The number of nitrogens with zero attached hydrogens (tertiary/aromatic N) is 1. The molecule has 0 atom stereocenters. The van der Waals surface area contributed by atoms with Crippen molar-refractivity contribution in [3.63, 3.8) is 0 Å². The largest absolute Gasteiger partial charge is 0.426 e. The first kappa shape index (κ1) is 15.3. The van der Waals surface area contributed by atoms with E-state index in [1.165, 1.54) is 0 Å². The average molecular weight is 324 g/mol. The number of nitriles is 1. The summed E-state index contributed by atoms with van der Waals surface area (Å²) in [5.74, 6) is 0.445. The van der Waals surface area contributed by atoms with E-state index in [-0.39, 0.29) is 11.9 Å². The summed E-state index contributed by atoms with van der Waals surface area (Å²) < 4.78 is 5.28. The van der Waals surface area contributed by atoms with Gasteiger partial charge in [-0.2, -0.15) is 5.26 Å². The molecule has 0 bridgehead atoms. The number of carbonyl (C=O) groups excluding carboxylic acids is 1. The molecule has 1 fully saturated rings. The molecule has 1 aliphatic rings. The van der Waals surface area contributed by atoms with Crippen LogP contribution in [-0.2, 0) is 4.79 Å². The summed E-state index contributed by atoms with van der Waals surface area (Å²) in [7, 11) is 0. The molecule has 0 spiro atoms. The minimum Gasteiger partial charge on any atom is -0.426 e. The molecule has 114 valence electrons. The van der Waals surface area contributed by atoms with Gasteiger partial charge in [0, 0.05) is 5.02 Å². The van der Waals surface area contributed by atoms with Crippen molar-refractivity contribution in [2.24, 2.45) is 5.92 Å². The second-order valence-corrected chi connectivity index (χ2v) is 5.88. The van der Waals surface area contributed by atoms with Gasteiger partial charge >= 0.3 is 5.97 Å². The van der Waals surface area contributed by atoms with E-state index in [2.05, 4.69) is 6.07 Å². The second-order valence-electron chi connectivity index (χ2n) is 5.44. The van der Waals surface area contributed by atoms with Gasteiger partial charge in [-0.15, -0.1) is 0 Å². The number of hydrogen-bond donors (Lipinski definition) is 0. The molecule has 2 aromatic rings. The molecule has 1 saturated carbocycles. The van der Waals surface area contributed by atoms with Crippen LogP contribution in [0, 0.1) is 17.2 Å². The highest BCUT2D eigenvalue weighted by Crippen LogP contribution is 2.31. The lowest BCUT2D eigenvalue weighted by Gasteiger charge is -2.04. The minimum atomic E-state index is -0.160. The van der Waals surface area contributed by atoms with Crippen LogP contribution in [0.1, 0.15) is 24.0 Å². The maximum Gasteiger partial charge on any atom is 0.314 e. The molecule has 4 heteroatoms. The molecular formula is C19H14ClNO2. The Morgan fingerprint density at radius 3 is 2.35 bits per heavy atom. The van der Waals surface area contributed by atoms with Gasteiger partial charge in [-0.05, 0) is 54.3 Å². The van der Waals surface area contributed by atoms with Gasteiger partial charge < -0.3 is 4.74 Å². The van der Waals surface area contributed by atoms with E-state index in [1.54, 1.807) is 30.3 Å². The molecule has 0 aromatic heterocycles. The Hall–Kier alpha value is -2.57. The highest BCUT2D eigenvalue weighted by molar-refractivity contribution is 6.30. The van der Waals surface area contributed by atoms with E-state index in [0.29, 0.717) is 16.3 Å². The van der Waals surface area contributed by atoms with Gasteiger partial charge in [-0.25, -0.2) is 0 Å². The van der Waals surface area contributed by atoms with Gasteiger partial charge in [-0.1, -0.05) is 35.9 Å². The van der Waals surface area contributed by atoms with E-state index in [9.17, 15) is 10.1 Å². The van der Waals surface area contributed by atoms with Crippen LogP contribution in [0.3, 0.4) is 0 Å². The quantitative estimate of drug-likeness (QED) is 0.354. The van der Waals surface area contributed by atoms with Crippen LogP contribution in [0.25, 0.3) is 11.6 Å². The Morgan fingerprint density at radius 2 is 1.78 bits per heavy atom. The third-order valence-corrected chi connectivity index (χ3v) is 3.85. The van der Waals surface area contributed by atoms with Crippen molar-refractivity contribution < 1.29 is 9.53 Å². The molecule has 3 rings (SSSR count). The van der Waals surface area contributed by atoms with Crippen LogP contribution in [0.15, 0.2) is 48.5 Å². The highest BCUT2D eigenvalue weighted by Gasteiger charge is 2.31. The predicted octanol–water partition coefficient (Wildman–Crippen LogP) is 4.72. The summed E-state index contributed by atoms with van der Waals surface area (Å²) in [6.45, 7) is 0. The van der Waals surface area contributed by atoms with Crippen LogP contribution >= 0.6 is 11.6 Å². The number of rotatable bonds is 4. The van der Waals surface area contributed by atoms with Crippen molar-refractivity contribution in [1.82, 2.24) is 0 Å². The summed E-state index contributed by atoms with van der Waals surface area (Å²) in [6, 6.07) is 16.4.